The number of carbonyl (C=O) groups is 1. The van der Waals surface area contributed by atoms with Crippen molar-refractivity contribution in [2.45, 2.75) is 38.3 Å². The Morgan fingerprint density at radius 3 is 2.85 bits per heavy atom. The molecule has 1 saturated heterocycles. The van der Waals surface area contributed by atoms with Crippen LogP contribution in [0.5, 0.6) is 0 Å². The number of aliphatic hydroxyl groups excluding tert-OH is 1. The maximum absolute atomic E-state index is 10.6. The van der Waals surface area contributed by atoms with Gasteiger partial charge in [0.15, 0.2) is 12.4 Å². The number of aliphatic carboxylic acids is 1. The molecule has 5 heteroatoms. The molecule has 76 valence electrons. The van der Waals surface area contributed by atoms with E-state index >= 15 is 0 Å². The van der Waals surface area contributed by atoms with Crippen molar-refractivity contribution in [1.82, 2.24) is 0 Å². The maximum atomic E-state index is 10.6. The van der Waals surface area contributed by atoms with Crippen LogP contribution >= 0.6 is 0 Å². The zero-order valence-electron chi connectivity index (χ0n) is 7.47. The van der Waals surface area contributed by atoms with Crippen molar-refractivity contribution in [3.05, 3.63) is 0 Å². The molecule has 13 heavy (non-hydrogen) atoms. The van der Waals surface area contributed by atoms with Gasteiger partial charge in [-0.2, -0.15) is 0 Å². The molecule has 1 heterocycles. The molecule has 0 bridgehead atoms. The lowest BCUT2D eigenvalue weighted by atomic mass is 10.1. The molecule has 1 aliphatic heterocycles. The normalized spacial score (nSPS) is 34.5. The molecule has 0 radical (unpaired) electrons. The highest BCUT2D eigenvalue weighted by molar-refractivity contribution is 5.72. The molecular formula is C8H14O5. The van der Waals surface area contributed by atoms with Crippen molar-refractivity contribution in [3.63, 3.8) is 0 Å². The largest absolute Gasteiger partial charge is 0.479 e. The highest BCUT2D eigenvalue weighted by Gasteiger charge is 2.32. The highest BCUT2D eigenvalue weighted by Crippen LogP contribution is 2.20. The Morgan fingerprint density at radius 2 is 2.31 bits per heavy atom. The van der Waals surface area contributed by atoms with E-state index in [1.807, 2.05) is 0 Å². The predicted octanol–water partition coefficient (Wildman–Crippen LogP) is -0.0265. The summed E-state index contributed by atoms with van der Waals surface area (Å²) in [6.45, 7) is 2.24. The molecule has 0 aromatic heterocycles. The van der Waals surface area contributed by atoms with Crippen molar-refractivity contribution >= 4 is 5.97 Å². The molecule has 0 aromatic rings. The number of hydrogen-bond donors (Lipinski definition) is 2. The van der Waals surface area contributed by atoms with Crippen molar-refractivity contribution in [3.8, 4) is 0 Å². The fourth-order valence-corrected chi connectivity index (χ4v) is 1.31. The van der Waals surface area contributed by atoms with Gasteiger partial charge in [-0.1, -0.05) is 0 Å². The summed E-state index contributed by atoms with van der Waals surface area (Å²) in [5, 5.41) is 18.0. The molecule has 3 atom stereocenters. The molecule has 0 spiro atoms. The van der Waals surface area contributed by atoms with Crippen LogP contribution < -0.4 is 0 Å². The van der Waals surface area contributed by atoms with Gasteiger partial charge in [0.1, 0.15) is 0 Å². The second kappa shape index (κ2) is 4.55. The minimum atomic E-state index is -1.05. The second-order valence-electron chi connectivity index (χ2n) is 2.97. The Morgan fingerprint density at radius 1 is 1.62 bits per heavy atom. The summed E-state index contributed by atoms with van der Waals surface area (Å²) in [4.78, 5) is 10.6. The quantitative estimate of drug-likeness (QED) is 0.653. The van der Waals surface area contributed by atoms with Gasteiger partial charge in [0, 0.05) is 19.4 Å². The third-order valence-corrected chi connectivity index (χ3v) is 1.89. The molecule has 2 N–H and O–H groups in total. The van der Waals surface area contributed by atoms with Crippen LogP contribution in [0.15, 0.2) is 0 Å². The summed E-state index contributed by atoms with van der Waals surface area (Å²) in [7, 11) is 0. The van der Waals surface area contributed by atoms with Gasteiger partial charge in [0.05, 0.1) is 6.10 Å². The number of carboxylic acid groups (broad SMARTS) is 1. The lowest BCUT2D eigenvalue weighted by molar-refractivity contribution is -0.220. The number of hydrogen-bond acceptors (Lipinski definition) is 4. The number of aliphatic hydroxyl groups is 1. The summed E-state index contributed by atoms with van der Waals surface area (Å²) in [5.74, 6) is -1.05. The molecule has 0 amide bonds. The first-order chi connectivity index (χ1) is 6.13. The van der Waals surface area contributed by atoms with Gasteiger partial charge in [-0.3, -0.25) is 0 Å². The summed E-state index contributed by atoms with van der Waals surface area (Å²) in [6, 6.07) is 0. The highest BCUT2D eigenvalue weighted by atomic mass is 16.7. The average molecular weight is 190 g/mol. The van der Waals surface area contributed by atoms with Crippen LogP contribution in [0.25, 0.3) is 0 Å². The van der Waals surface area contributed by atoms with Gasteiger partial charge in [-0.15, -0.1) is 0 Å². The zero-order chi connectivity index (χ0) is 9.84. The van der Waals surface area contributed by atoms with E-state index in [0.29, 0.717) is 13.0 Å². The Kier molecular flexibility index (Phi) is 3.65. The van der Waals surface area contributed by atoms with Crippen LogP contribution in [0.4, 0.5) is 0 Å². The Balaban J connectivity index is 2.47. The van der Waals surface area contributed by atoms with Crippen LogP contribution in [-0.4, -0.2) is 41.3 Å². The summed E-state index contributed by atoms with van der Waals surface area (Å²) in [6.07, 6.45) is -1.70. The average Bonchev–Trinajstić information content (AvgIpc) is 2.03. The fourth-order valence-electron chi connectivity index (χ4n) is 1.31. The first-order valence-electron chi connectivity index (χ1n) is 4.31. The third kappa shape index (κ3) is 2.95. The molecular weight excluding hydrogens is 176 g/mol. The van der Waals surface area contributed by atoms with E-state index in [0.717, 1.165) is 0 Å². The molecule has 1 rings (SSSR count). The molecule has 0 aliphatic carbocycles. The number of rotatable bonds is 3. The van der Waals surface area contributed by atoms with E-state index in [-0.39, 0.29) is 6.42 Å². The standard InChI is InChI=1S/C8H14O5/c1-2-12-7-4-5(9)3-6(13-7)8(10)11/h5-7,9H,2-4H2,1H3,(H,10,11). The van der Waals surface area contributed by atoms with Gasteiger partial charge < -0.3 is 19.7 Å². The smallest absolute Gasteiger partial charge is 0.333 e. The van der Waals surface area contributed by atoms with Crippen LogP contribution in [0.3, 0.4) is 0 Å². The predicted molar refractivity (Wildman–Crippen MR) is 43.2 cm³/mol. The number of ether oxygens (including phenoxy) is 2. The van der Waals surface area contributed by atoms with E-state index in [1.165, 1.54) is 0 Å². The molecule has 0 aromatic carbocycles. The Hall–Kier alpha value is -0.650. The molecule has 5 nitrogen and oxygen atoms in total. The Bertz CT molecular complexity index is 181. The lowest BCUT2D eigenvalue weighted by Crippen LogP contribution is -2.41. The monoisotopic (exact) mass is 190 g/mol. The molecule has 1 fully saturated rings. The molecule has 3 unspecified atom stereocenters. The minimum Gasteiger partial charge on any atom is -0.479 e. The third-order valence-electron chi connectivity index (χ3n) is 1.89. The minimum absolute atomic E-state index is 0.138. The SMILES string of the molecule is CCOC1CC(O)CC(C(=O)O)O1. The van der Waals surface area contributed by atoms with E-state index in [1.54, 1.807) is 6.92 Å². The zero-order valence-corrected chi connectivity index (χ0v) is 7.47. The lowest BCUT2D eigenvalue weighted by Gasteiger charge is -2.30. The van der Waals surface area contributed by atoms with E-state index in [4.69, 9.17) is 14.6 Å². The van der Waals surface area contributed by atoms with Crippen LogP contribution in [0, 0.1) is 0 Å². The van der Waals surface area contributed by atoms with Gasteiger partial charge >= 0.3 is 5.97 Å². The first-order valence-corrected chi connectivity index (χ1v) is 4.31. The summed E-state index contributed by atoms with van der Waals surface area (Å²) < 4.78 is 10.2. The van der Waals surface area contributed by atoms with Crippen molar-refractivity contribution < 1.29 is 24.5 Å². The van der Waals surface area contributed by atoms with Gasteiger partial charge in [0.25, 0.3) is 0 Å². The van der Waals surface area contributed by atoms with Crippen LogP contribution in [0.1, 0.15) is 19.8 Å². The van der Waals surface area contributed by atoms with E-state index < -0.39 is 24.5 Å². The topological polar surface area (TPSA) is 76.0 Å². The second-order valence-corrected chi connectivity index (χ2v) is 2.97. The Labute approximate surface area is 76.3 Å². The van der Waals surface area contributed by atoms with Crippen LogP contribution in [-0.2, 0) is 14.3 Å². The van der Waals surface area contributed by atoms with Crippen LogP contribution in [0.2, 0.25) is 0 Å². The van der Waals surface area contributed by atoms with E-state index in [2.05, 4.69) is 0 Å². The first kappa shape index (κ1) is 10.4. The number of carboxylic acids is 1. The van der Waals surface area contributed by atoms with Gasteiger partial charge in [0.2, 0.25) is 0 Å². The van der Waals surface area contributed by atoms with Gasteiger partial charge in [-0.25, -0.2) is 4.79 Å². The van der Waals surface area contributed by atoms with E-state index in [9.17, 15) is 9.90 Å². The van der Waals surface area contributed by atoms with Crippen molar-refractivity contribution in [2.75, 3.05) is 6.61 Å². The van der Waals surface area contributed by atoms with Gasteiger partial charge in [-0.05, 0) is 6.92 Å². The fraction of sp³-hybridized carbons (Fsp3) is 0.875. The summed E-state index contributed by atoms with van der Waals surface area (Å²) >= 11 is 0. The van der Waals surface area contributed by atoms with Crippen molar-refractivity contribution in [2.24, 2.45) is 0 Å². The summed E-state index contributed by atoms with van der Waals surface area (Å²) in [5.41, 5.74) is 0. The van der Waals surface area contributed by atoms with Crippen molar-refractivity contribution in [1.29, 1.82) is 0 Å². The maximum Gasteiger partial charge on any atom is 0.333 e. The molecule has 1 aliphatic rings. The molecule has 0 saturated carbocycles.